The van der Waals surface area contributed by atoms with Crippen molar-refractivity contribution in [2.75, 3.05) is 5.32 Å². The minimum absolute atomic E-state index is 0.245. The lowest BCUT2D eigenvalue weighted by Crippen LogP contribution is -2.23. The number of nitrogens with zero attached hydrogens (tertiary/aromatic N) is 2. The summed E-state index contributed by atoms with van der Waals surface area (Å²) in [6.45, 7) is 1.77. The van der Waals surface area contributed by atoms with Crippen molar-refractivity contribution in [3.63, 3.8) is 0 Å². The molecule has 1 unspecified atom stereocenters. The molecule has 0 saturated carbocycles. The molecule has 0 aliphatic rings. The Morgan fingerprint density at radius 3 is 2.73 bits per heavy atom. The summed E-state index contributed by atoms with van der Waals surface area (Å²) in [5, 5.41) is 4.81. The molecule has 2 aromatic heterocycles. The Morgan fingerprint density at radius 1 is 1.31 bits per heavy atom. The highest BCUT2D eigenvalue weighted by Gasteiger charge is 2.18. The van der Waals surface area contributed by atoms with E-state index < -0.39 is 5.25 Å². The molecule has 1 aromatic carbocycles. The first-order valence-corrected chi connectivity index (χ1v) is 9.94. The first-order valence-electron chi connectivity index (χ1n) is 7.42. The van der Waals surface area contributed by atoms with E-state index in [1.807, 2.05) is 5.38 Å². The number of carbonyl (C=O) groups is 1. The van der Waals surface area contributed by atoms with Crippen molar-refractivity contribution < 1.29 is 9.18 Å². The molecule has 0 spiro atoms. The summed E-state index contributed by atoms with van der Waals surface area (Å²) in [6, 6.07) is 7.63. The lowest BCUT2D eigenvalue weighted by Gasteiger charge is -2.11. The van der Waals surface area contributed by atoms with Gasteiger partial charge in [-0.15, -0.1) is 11.3 Å². The van der Waals surface area contributed by atoms with Gasteiger partial charge in [0.2, 0.25) is 5.91 Å². The van der Waals surface area contributed by atoms with Gasteiger partial charge in [-0.05, 0) is 37.3 Å². The average molecular weight is 428 g/mol. The fraction of sp³-hybridized carbons (Fsp3) is 0.118. The molecule has 3 rings (SSSR count). The first kappa shape index (κ1) is 19.1. The van der Waals surface area contributed by atoms with Crippen LogP contribution < -0.4 is 5.32 Å². The minimum Gasteiger partial charge on any atom is -0.308 e. The Hall–Kier alpha value is -1.67. The SMILES string of the molecule is CC(Sc1nc(-c2ccc(F)cc2)cs1)C(=O)Nc1ncc(Cl)cc1Cl. The molecule has 134 valence electrons. The van der Waals surface area contributed by atoms with E-state index in [1.165, 1.54) is 47.5 Å². The topological polar surface area (TPSA) is 54.9 Å². The summed E-state index contributed by atoms with van der Waals surface area (Å²) in [4.78, 5) is 20.8. The highest BCUT2D eigenvalue weighted by atomic mass is 35.5. The molecule has 0 aliphatic carbocycles. The van der Waals surface area contributed by atoms with E-state index in [4.69, 9.17) is 23.2 Å². The summed E-state index contributed by atoms with van der Waals surface area (Å²) in [7, 11) is 0. The van der Waals surface area contributed by atoms with Gasteiger partial charge in [0.05, 0.1) is 21.0 Å². The maximum atomic E-state index is 13.0. The Kier molecular flexibility index (Phi) is 6.13. The summed E-state index contributed by atoms with van der Waals surface area (Å²) in [5.74, 6) is -0.275. The van der Waals surface area contributed by atoms with Crippen molar-refractivity contribution >= 4 is 58.0 Å². The lowest BCUT2D eigenvalue weighted by molar-refractivity contribution is -0.115. The molecule has 0 fully saturated rings. The maximum absolute atomic E-state index is 13.0. The molecule has 9 heteroatoms. The van der Waals surface area contributed by atoms with Gasteiger partial charge < -0.3 is 5.32 Å². The minimum atomic E-state index is -0.407. The molecule has 4 nitrogen and oxygen atoms in total. The molecular weight excluding hydrogens is 416 g/mol. The molecule has 3 aromatic rings. The Balaban J connectivity index is 1.65. The van der Waals surface area contributed by atoms with Crippen molar-refractivity contribution in [2.45, 2.75) is 16.5 Å². The number of nitrogens with one attached hydrogen (secondary N) is 1. The predicted molar refractivity (Wildman–Crippen MR) is 106 cm³/mol. The van der Waals surface area contributed by atoms with Crippen LogP contribution in [-0.2, 0) is 4.79 Å². The second kappa shape index (κ2) is 8.35. The summed E-state index contributed by atoms with van der Waals surface area (Å²) in [6.07, 6.45) is 1.41. The zero-order valence-corrected chi connectivity index (χ0v) is 16.5. The smallest absolute Gasteiger partial charge is 0.238 e. The van der Waals surface area contributed by atoms with Crippen LogP contribution in [0.15, 0.2) is 46.2 Å². The maximum Gasteiger partial charge on any atom is 0.238 e. The number of hydrogen-bond donors (Lipinski definition) is 1. The largest absolute Gasteiger partial charge is 0.308 e. The van der Waals surface area contributed by atoms with Crippen LogP contribution in [0.25, 0.3) is 11.3 Å². The molecule has 0 radical (unpaired) electrons. The van der Waals surface area contributed by atoms with Crippen molar-refractivity contribution in [2.24, 2.45) is 0 Å². The Bertz CT molecular complexity index is 934. The van der Waals surface area contributed by atoms with Gasteiger partial charge in [-0.3, -0.25) is 4.79 Å². The van der Waals surface area contributed by atoms with E-state index in [-0.39, 0.29) is 22.6 Å². The predicted octanol–water partition coefficient (Wildman–Crippen LogP) is 5.77. The first-order chi connectivity index (χ1) is 12.4. The number of thioether (sulfide) groups is 1. The van der Waals surface area contributed by atoms with Crippen LogP contribution in [0.1, 0.15) is 6.92 Å². The number of aromatic nitrogens is 2. The van der Waals surface area contributed by atoms with Crippen LogP contribution >= 0.6 is 46.3 Å². The molecule has 0 bridgehead atoms. The fourth-order valence-corrected chi connectivity index (χ4v) is 4.39. The molecule has 1 amide bonds. The second-order valence-electron chi connectivity index (χ2n) is 5.24. The van der Waals surface area contributed by atoms with E-state index in [0.717, 1.165) is 15.6 Å². The number of thiazole rings is 1. The standard InChI is InChI=1S/C17H12Cl2FN3OS2/c1-9(16(24)23-15-13(19)6-11(18)7-21-15)26-17-22-14(8-25-17)10-2-4-12(20)5-3-10/h2-9H,1H3,(H,21,23,24). The Labute approximate surface area is 167 Å². The third kappa shape index (κ3) is 4.73. The van der Waals surface area contributed by atoms with Crippen LogP contribution in [0.4, 0.5) is 10.2 Å². The van der Waals surface area contributed by atoms with E-state index in [0.29, 0.717) is 5.02 Å². The summed E-state index contributed by atoms with van der Waals surface area (Å²) < 4.78 is 13.7. The van der Waals surface area contributed by atoms with Gasteiger partial charge >= 0.3 is 0 Å². The number of benzene rings is 1. The molecule has 26 heavy (non-hydrogen) atoms. The van der Waals surface area contributed by atoms with E-state index in [2.05, 4.69) is 15.3 Å². The zero-order chi connectivity index (χ0) is 18.7. The quantitative estimate of drug-likeness (QED) is 0.524. The van der Waals surface area contributed by atoms with Gasteiger partial charge in [-0.25, -0.2) is 14.4 Å². The van der Waals surface area contributed by atoms with E-state index in [9.17, 15) is 9.18 Å². The molecule has 0 saturated heterocycles. The molecular formula is C17H12Cl2FN3OS2. The van der Waals surface area contributed by atoms with Crippen LogP contribution in [0.5, 0.6) is 0 Å². The van der Waals surface area contributed by atoms with Crippen molar-refractivity contribution in [3.05, 3.63) is 57.8 Å². The van der Waals surface area contributed by atoms with Gasteiger partial charge in [-0.2, -0.15) is 0 Å². The number of halogens is 3. The molecule has 1 N–H and O–H groups in total. The fourth-order valence-electron chi connectivity index (χ4n) is 1.99. The lowest BCUT2D eigenvalue weighted by atomic mass is 10.2. The van der Waals surface area contributed by atoms with Gasteiger partial charge in [0.25, 0.3) is 0 Å². The Morgan fingerprint density at radius 2 is 2.04 bits per heavy atom. The molecule has 1 atom stereocenters. The number of anilines is 1. The van der Waals surface area contributed by atoms with Crippen LogP contribution in [0.2, 0.25) is 10.0 Å². The molecule has 2 heterocycles. The van der Waals surface area contributed by atoms with Gasteiger partial charge in [0.1, 0.15) is 5.82 Å². The van der Waals surface area contributed by atoms with Gasteiger partial charge in [-0.1, -0.05) is 35.0 Å². The number of amides is 1. The third-order valence-corrected chi connectivity index (χ3v) is 5.89. The van der Waals surface area contributed by atoms with Crippen LogP contribution in [0, 0.1) is 5.82 Å². The average Bonchev–Trinajstić information content (AvgIpc) is 3.06. The number of rotatable bonds is 5. The summed E-state index contributed by atoms with van der Waals surface area (Å²) in [5.41, 5.74) is 1.57. The van der Waals surface area contributed by atoms with E-state index >= 15 is 0 Å². The zero-order valence-electron chi connectivity index (χ0n) is 13.4. The number of hydrogen-bond acceptors (Lipinski definition) is 5. The highest BCUT2D eigenvalue weighted by molar-refractivity contribution is 8.02. The van der Waals surface area contributed by atoms with Gasteiger partial charge in [0, 0.05) is 17.1 Å². The second-order valence-corrected chi connectivity index (χ2v) is 8.53. The monoisotopic (exact) mass is 427 g/mol. The van der Waals surface area contributed by atoms with Gasteiger partial charge in [0.15, 0.2) is 10.2 Å². The van der Waals surface area contributed by atoms with Crippen LogP contribution in [-0.4, -0.2) is 21.1 Å². The van der Waals surface area contributed by atoms with Crippen molar-refractivity contribution in [3.8, 4) is 11.3 Å². The normalized spacial score (nSPS) is 12.0. The highest BCUT2D eigenvalue weighted by Crippen LogP contribution is 2.31. The molecule has 0 aliphatic heterocycles. The van der Waals surface area contributed by atoms with Crippen LogP contribution in [0.3, 0.4) is 0 Å². The van der Waals surface area contributed by atoms with Crippen molar-refractivity contribution in [1.29, 1.82) is 0 Å². The van der Waals surface area contributed by atoms with E-state index in [1.54, 1.807) is 19.1 Å². The van der Waals surface area contributed by atoms with Crippen molar-refractivity contribution in [1.82, 2.24) is 9.97 Å². The number of carbonyl (C=O) groups excluding carboxylic acids is 1. The third-order valence-electron chi connectivity index (χ3n) is 3.32. The number of pyridine rings is 1. The summed E-state index contributed by atoms with van der Waals surface area (Å²) >= 11 is 14.6.